The van der Waals surface area contributed by atoms with Crippen molar-refractivity contribution in [2.75, 3.05) is 54.6 Å². The summed E-state index contributed by atoms with van der Waals surface area (Å²) >= 11 is 0. The van der Waals surface area contributed by atoms with Gasteiger partial charge in [0.05, 0.1) is 57.9 Å². The predicted molar refractivity (Wildman–Crippen MR) is 350 cm³/mol. The zero-order valence-corrected chi connectivity index (χ0v) is 54.0. The Kier molecular flexibility index (Phi) is 13.7. The Morgan fingerprint density at radius 1 is 0.351 bits per heavy atom. The third-order valence-corrected chi connectivity index (χ3v) is 25.5. The minimum absolute atomic E-state index is 0.00234. The van der Waals surface area contributed by atoms with Crippen LogP contribution in [0.25, 0.3) is 0 Å². The number of hydrogen-bond donors (Lipinski definition) is 0. The lowest BCUT2D eigenvalue weighted by atomic mass is 9.53. The van der Waals surface area contributed by atoms with Gasteiger partial charge in [-0.1, -0.05) is 134 Å². The molecule has 8 aliphatic carbocycles. The van der Waals surface area contributed by atoms with E-state index in [1.807, 2.05) is 39.0 Å². The lowest BCUT2D eigenvalue weighted by molar-refractivity contribution is 0.0923. The molecule has 0 spiro atoms. The number of azo groups is 3. The van der Waals surface area contributed by atoms with Gasteiger partial charge in [0.15, 0.2) is 0 Å². The molecule has 0 radical (unpaired) electrons. The number of nitrogens with zero attached hydrogens (tertiary/aromatic N) is 10. The smallest absolute Gasteiger partial charge is 0.409 e. The van der Waals surface area contributed by atoms with Crippen LogP contribution in [0.3, 0.4) is 0 Å². The van der Waals surface area contributed by atoms with Gasteiger partial charge in [0.1, 0.15) is 22.2 Å². The maximum Gasteiger partial charge on any atom is 0.409 e. The molecule has 18 heteroatoms. The van der Waals surface area contributed by atoms with Crippen molar-refractivity contribution >= 4 is 35.7 Å². The molecule has 2 saturated carbocycles. The Morgan fingerprint density at radius 3 is 1.29 bits per heavy atom. The fourth-order valence-electron chi connectivity index (χ4n) is 21.8. The molecular weight excluding hydrogens is 1180 g/mol. The van der Waals surface area contributed by atoms with E-state index in [9.17, 15) is 19.2 Å². The molecule has 4 amide bonds. The van der Waals surface area contributed by atoms with E-state index in [0.717, 1.165) is 91.4 Å². The number of likely N-dealkylation sites (tertiary alicyclic amines) is 4. The molecule has 482 valence electrons. The zero-order valence-electron chi connectivity index (χ0n) is 54.0. The molecule has 4 saturated heterocycles. The quantitative estimate of drug-likeness (QED) is 0.111. The molecular formula is C76H80N10O8. The molecule has 12 aliphatic rings. The van der Waals surface area contributed by atoms with Gasteiger partial charge in [-0.2, -0.15) is 30.7 Å². The van der Waals surface area contributed by atoms with E-state index in [-0.39, 0.29) is 64.9 Å². The highest BCUT2D eigenvalue weighted by Gasteiger charge is 2.71. The first-order valence-electron chi connectivity index (χ1n) is 34.2. The van der Waals surface area contributed by atoms with Crippen molar-refractivity contribution in [3.63, 3.8) is 0 Å². The molecule has 18 nitrogen and oxygen atoms in total. The van der Waals surface area contributed by atoms with Crippen molar-refractivity contribution < 1.29 is 38.1 Å². The fourth-order valence-corrected chi connectivity index (χ4v) is 21.8. The molecule has 94 heavy (non-hydrogen) atoms. The van der Waals surface area contributed by atoms with Gasteiger partial charge in [0, 0.05) is 43.1 Å². The van der Waals surface area contributed by atoms with Crippen molar-refractivity contribution in [1.29, 1.82) is 0 Å². The van der Waals surface area contributed by atoms with Crippen LogP contribution in [0, 0.1) is 11.8 Å². The van der Waals surface area contributed by atoms with Gasteiger partial charge in [0.2, 0.25) is 0 Å². The summed E-state index contributed by atoms with van der Waals surface area (Å²) in [5.74, 6) is 1.00. The first-order chi connectivity index (χ1) is 45.9. The molecule has 0 bridgehead atoms. The topological polar surface area (TPSA) is 192 Å². The number of carbonyl (C=O) groups excluding carboxylic acids is 4. The van der Waals surface area contributed by atoms with Gasteiger partial charge < -0.3 is 38.5 Å². The van der Waals surface area contributed by atoms with E-state index in [1.165, 1.54) is 85.8 Å². The van der Waals surface area contributed by atoms with Crippen LogP contribution in [0.4, 0.5) is 30.6 Å². The Morgan fingerprint density at radius 2 is 0.734 bits per heavy atom. The van der Waals surface area contributed by atoms with Crippen molar-refractivity contribution in [1.82, 2.24) is 19.6 Å². The van der Waals surface area contributed by atoms with Gasteiger partial charge in [-0.15, -0.1) is 0 Å². The van der Waals surface area contributed by atoms with E-state index in [4.69, 9.17) is 49.6 Å². The second-order valence-electron chi connectivity index (χ2n) is 28.6. The first-order valence-corrected chi connectivity index (χ1v) is 34.2. The summed E-state index contributed by atoms with van der Waals surface area (Å²) in [5.41, 5.74) is 14.2. The van der Waals surface area contributed by atoms with Crippen LogP contribution < -0.4 is 0 Å². The van der Waals surface area contributed by atoms with Crippen molar-refractivity contribution in [3.8, 4) is 0 Å². The highest BCUT2D eigenvalue weighted by molar-refractivity contribution is 5.74. The largest absolute Gasteiger partial charge is 0.453 e. The van der Waals surface area contributed by atoms with Crippen molar-refractivity contribution in [2.45, 2.75) is 160 Å². The second kappa shape index (κ2) is 21.9. The summed E-state index contributed by atoms with van der Waals surface area (Å²) in [6, 6.07) is 46.7. The standard InChI is InChI=1S/C38H40N6O4.C38H40N4O4/c1-47-34(45)43-19-17-37(29-13-6-4-10-25(29)22-32(37)43)40-39-31-15-7-14-30-27(31)23-33-38(30,18-20-44(33)35(46)48-2)42-41-36-16-8-11-26(36)21-24-9-3-5-12-28(24)36;1-45-34(43)41-19-17-37(36-16-8-11-26(36)21-24-9-3-5-12-28(24)36)30-14-7-15-31(27(30)23-32(37)41)39-40-38-18-20-42(35(44)46-2)33(38)22-25-10-4-6-13-29(25)38/h3-7,9-10,12-15,26,32-33H,8,11,16-23H2,1-2H3;3-7,9-10,12-15,26,32-33H,8,11,16-23H2,1-2H3/t26-,32-,33+,36+,37-,38+;26-,32+,33-,36+,37+,38-/m00/s1. The second-order valence-corrected chi connectivity index (χ2v) is 28.6. The van der Waals surface area contributed by atoms with Gasteiger partial charge in [-0.25, -0.2) is 19.2 Å². The van der Waals surface area contributed by atoms with Crippen LogP contribution in [0.1, 0.15) is 131 Å². The highest BCUT2D eigenvalue weighted by Crippen LogP contribution is 2.70. The van der Waals surface area contributed by atoms with E-state index in [0.29, 0.717) is 70.1 Å². The van der Waals surface area contributed by atoms with Crippen LogP contribution in [0.2, 0.25) is 0 Å². The van der Waals surface area contributed by atoms with E-state index >= 15 is 0 Å². The molecule has 6 aromatic carbocycles. The average Bonchev–Trinajstić information content (AvgIpc) is 1.49. The minimum Gasteiger partial charge on any atom is -0.453 e. The number of hydrogen-bond acceptors (Lipinski definition) is 14. The lowest BCUT2D eigenvalue weighted by Crippen LogP contribution is -2.55. The molecule has 18 rings (SSSR count). The third kappa shape index (κ3) is 7.99. The monoisotopic (exact) mass is 1260 g/mol. The summed E-state index contributed by atoms with van der Waals surface area (Å²) in [5, 5.41) is 31.3. The number of ether oxygens (including phenoxy) is 4. The van der Waals surface area contributed by atoms with E-state index < -0.39 is 16.6 Å². The van der Waals surface area contributed by atoms with Crippen LogP contribution in [-0.4, -0.2) is 123 Å². The number of carbonyl (C=O) groups is 4. The number of rotatable bonds is 7. The van der Waals surface area contributed by atoms with Gasteiger partial charge in [-0.05, 0) is 181 Å². The highest BCUT2D eigenvalue weighted by atomic mass is 16.6. The number of fused-ring (bicyclic) bond motifs is 19. The van der Waals surface area contributed by atoms with E-state index in [2.05, 4.69) is 109 Å². The molecule has 0 aromatic heterocycles. The van der Waals surface area contributed by atoms with Gasteiger partial charge in [-0.3, -0.25) is 0 Å². The number of methoxy groups -OCH3 is 4. The zero-order chi connectivity index (χ0) is 63.9. The predicted octanol–water partition coefficient (Wildman–Crippen LogP) is 14.3. The third-order valence-electron chi connectivity index (χ3n) is 25.5. The summed E-state index contributed by atoms with van der Waals surface area (Å²) in [6.45, 7) is 2.40. The van der Waals surface area contributed by atoms with Gasteiger partial charge in [0.25, 0.3) is 0 Å². The normalized spacial score (nSPS) is 32.7. The van der Waals surface area contributed by atoms with Crippen molar-refractivity contribution in [3.05, 3.63) is 200 Å². The molecule has 4 heterocycles. The molecule has 6 aromatic rings. The summed E-state index contributed by atoms with van der Waals surface area (Å²) < 4.78 is 21.0. The summed E-state index contributed by atoms with van der Waals surface area (Å²) in [6.07, 6.45) is 13.5. The Balaban J connectivity index is 0.000000143. The Hall–Kier alpha value is -8.80. The number of benzene rings is 6. The molecule has 4 aliphatic heterocycles. The summed E-state index contributed by atoms with van der Waals surface area (Å²) in [4.78, 5) is 59.6. The van der Waals surface area contributed by atoms with Crippen LogP contribution in [-0.2, 0) is 90.5 Å². The van der Waals surface area contributed by atoms with Crippen molar-refractivity contribution in [2.24, 2.45) is 42.5 Å². The fraction of sp³-hybridized carbons (Fsp3) is 0.474. The van der Waals surface area contributed by atoms with E-state index in [1.54, 1.807) is 4.90 Å². The minimum atomic E-state index is -0.690. The van der Waals surface area contributed by atoms with Gasteiger partial charge >= 0.3 is 24.4 Å². The molecule has 12 atom stereocenters. The molecule has 0 N–H and O–H groups in total. The molecule has 6 fully saturated rings. The number of amides is 4. The summed E-state index contributed by atoms with van der Waals surface area (Å²) in [7, 11) is 5.82. The maximum absolute atomic E-state index is 13.4. The average molecular weight is 1260 g/mol. The van der Waals surface area contributed by atoms with Crippen LogP contribution in [0.15, 0.2) is 164 Å². The van der Waals surface area contributed by atoms with Crippen LogP contribution >= 0.6 is 0 Å². The lowest BCUT2D eigenvalue weighted by Gasteiger charge is -2.50. The van der Waals surface area contributed by atoms with Crippen LogP contribution in [0.5, 0.6) is 0 Å². The Bertz CT molecular complexity index is 4230. The Labute approximate surface area is 548 Å². The first kappa shape index (κ1) is 59.0. The molecule has 0 unspecified atom stereocenters. The SMILES string of the molecule is COC(=O)N1CC[C@]2(N=Nc3cccc4c3C[C@H]3N(C(=O)OC)CC[C@@]43N=N[C@]34CCC[C@H]3Cc3ccccc34)c3ccccc3C[C@H]12.COC(=O)N1CC[C@]2(N=Nc3cccc4c3C[C@H]3N(C(=O)OC)CC[C@@]43[C@]34CCC[C@H]3Cc3ccccc34)c3ccccc3C[C@H]12. The maximum atomic E-state index is 13.4.